The van der Waals surface area contributed by atoms with Crippen LogP contribution < -0.4 is 10.6 Å². The lowest BCUT2D eigenvalue weighted by Gasteiger charge is -2.36. The molecule has 2 N–H and O–H groups in total. The van der Waals surface area contributed by atoms with Crippen LogP contribution in [0.15, 0.2) is 60.7 Å². The summed E-state index contributed by atoms with van der Waals surface area (Å²) in [6, 6.07) is 19.7. The van der Waals surface area contributed by atoms with E-state index in [-0.39, 0.29) is 36.1 Å². The second-order valence-electron chi connectivity index (χ2n) is 10.4. The minimum atomic E-state index is -0.275. The summed E-state index contributed by atoms with van der Waals surface area (Å²) in [5.41, 5.74) is 3.21. The average Bonchev–Trinajstić information content (AvgIpc) is 2.95. The zero-order valence-electron chi connectivity index (χ0n) is 22.0. The van der Waals surface area contributed by atoms with Gasteiger partial charge in [-0.15, -0.1) is 12.4 Å². The molecule has 2 aliphatic heterocycles. The Balaban J connectivity index is 0.00000336. The molecule has 0 unspecified atom stereocenters. The summed E-state index contributed by atoms with van der Waals surface area (Å²) in [7, 11) is 0. The molecule has 3 aromatic rings. The Morgan fingerprint density at radius 3 is 2.50 bits per heavy atom. The van der Waals surface area contributed by atoms with Gasteiger partial charge >= 0.3 is 0 Å². The second-order valence-corrected chi connectivity index (χ2v) is 10.4. The number of carbonyl (C=O) groups excluding carboxylic acids is 1. The average molecular weight is 534 g/mol. The minimum Gasteiger partial charge on any atom is -0.352 e. The number of halogens is 2. The Morgan fingerprint density at radius 1 is 1.03 bits per heavy atom. The summed E-state index contributed by atoms with van der Waals surface area (Å²) in [5.74, 6) is 7.29. The fraction of sp³-hybridized carbons (Fsp3) is 0.406. The molecule has 2 aliphatic rings. The number of hydrogen-bond donors (Lipinski definition) is 2. The zero-order valence-corrected chi connectivity index (χ0v) is 22.8. The number of fused-ring (bicyclic) bond motifs is 1. The Bertz CT molecular complexity index is 1300. The number of nitrogens with one attached hydrogen (secondary N) is 2. The van der Waals surface area contributed by atoms with Crippen LogP contribution in [0.1, 0.15) is 55.3 Å². The number of hydrogen-bond acceptors (Lipinski definition) is 3. The van der Waals surface area contributed by atoms with Gasteiger partial charge in [0.25, 0.3) is 0 Å². The zero-order chi connectivity index (χ0) is 25.6. The van der Waals surface area contributed by atoms with Crippen LogP contribution in [-0.2, 0) is 11.3 Å². The van der Waals surface area contributed by atoms with E-state index in [0.717, 1.165) is 63.0 Å². The van der Waals surface area contributed by atoms with E-state index >= 15 is 0 Å². The predicted molar refractivity (Wildman–Crippen MR) is 155 cm³/mol. The van der Waals surface area contributed by atoms with Crippen LogP contribution in [0.5, 0.6) is 0 Å². The lowest BCUT2D eigenvalue weighted by Crippen LogP contribution is -2.41. The van der Waals surface area contributed by atoms with Crippen LogP contribution in [-0.4, -0.2) is 37.0 Å². The maximum Gasteiger partial charge on any atom is 0.223 e. The van der Waals surface area contributed by atoms with E-state index in [2.05, 4.69) is 70.7 Å². The minimum absolute atomic E-state index is 0. The van der Waals surface area contributed by atoms with Gasteiger partial charge in [-0.05, 0) is 98.9 Å². The molecule has 2 saturated heterocycles. The fourth-order valence-corrected chi connectivity index (χ4v) is 5.67. The van der Waals surface area contributed by atoms with Crippen LogP contribution in [0.2, 0.25) is 0 Å². The van der Waals surface area contributed by atoms with Crippen molar-refractivity contribution in [1.82, 2.24) is 15.5 Å². The van der Waals surface area contributed by atoms with Crippen molar-refractivity contribution in [2.75, 3.05) is 26.2 Å². The van der Waals surface area contributed by atoms with Crippen LogP contribution in [0.4, 0.5) is 4.39 Å². The van der Waals surface area contributed by atoms with E-state index in [1.807, 2.05) is 6.07 Å². The van der Waals surface area contributed by atoms with E-state index in [1.54, 1.807) is 6.07 Å². The highest BCUT2D eigenvalue weighted by molar-refractivity contribution is 5.91. The molecule has 2 heterocycles. The van der Waals surface area contributed by atoms with Crippen molar-refractivity contribution in [3.63, 3.8) is 0 Å². The van der Waals surface area contributed by atoms with Crippen molar-refractivity contribution in [3.8, 4) is 11.8 Å². The summed E-state index contributed by atoms with van der Waals surface area (Å²) >= 11 is 0. The molecule has 5 rings (SSSR count). The molecule has 0 spiro atoms. The molecule has 2 fully saturated rings. The quantitative estimate of drug-likeness (QED) is 0.405. The first-order valence-electron chi connectivity index (χ1n) is 13.6. The van der Waals surface area contributed by atoms with Gasteiger partial charge in [-0.25, -0.2) is 4.39 Å². The summed E-state index contributed by atoms with van der Waals surface area (Å²) in [4.78, 5) is 15.2. The number of nitrogens with zero attached hydrogens (tertiary/aromatic N) is 1. The monoisotopic (exact) mass is 533 g/mol. The maximum absolute atomic E-state index is 13.4. The molecule has 0 aliphatic carbocycles. The topological polar surface area (TPSA) is 44.4 Å². The predicted octanol–water partition coefficient (Wildman–Crippen LogP) is 5.84. The van der Waals surface area contributed by atoms with E-state index in [9.17, 15) is 9.18 Å². The van der Waals surface area contributed by atoms with Crippen LogP contribution >= 0.6 is 12.4 Å². The molecule has 0 saturated carbocycles. The Morgan fingerprint density at radius 2 is 1.76 bits per heavy atom. The third kappa shape index (κ3) is 6.74. The number of piperidine rings is 2. The molecule has 0 radical (unpaired) electrons. The van der Waals surface area contributed by atoms with E-state index in [1.165, 1.54) is 28.5 Å². The van der Waals surface area contributed by atoms with Crippen molar-refractivity contribution >= 4 is 29.1 Å². The lowest BCUT2D eigenvalue weighted by molar-refractivity contribution is -0.126. The first-order chi connectivity index (χ1) is 18.1. The SMILES string of the molecule is C[C@H](c1ccc(C#CC2CCNCC2)c2ccccc12)N1CCC(C(=O)NCc2cccc(F)c2)CC1.Cl. The van der Waals surface area contributed by atoms with E-state index in [0.29, 0.717) is 12.5 Å². The van der Waals surface area contributed by atoms with Crippen LogP contribution in [0.25, 0.3) is 10.8 Å². The second kappa shape index (κ2) is 13.2. The number of amides is 1. The summed E-state index contributed by atoms with van der Waals surface area (Å²) in [6.45, 7) is 6.51. The molecular weight excluding hydrogens is 497 g/mol. The van der Waals surface area contributed by atoms with Gasteiger partial charge in [-0.1, -0.05) is 54.3 Å². The van der Waals surface area contributed by atoms with Gasteiger partial charge < -0.3 is 10.6 Å². The summed E-state index contributed by atoms with van der Waals surface area (Å²) < 4.78 is 13.4. The van der Waals surface area contributed by atoms with Crippen molar-refractivity contribution < 1.29 is 9.18 Å². The van der Waals surface area contributed by atoms with Gasteiger partial charge in [0, 0.05) is 30.0 Å². The van der Waals surface area contributed by atoms with Gasteiger partial charge in [0.2, 0.25) is 5.91 Å². The van der Waals surface area contributed by atoms with Crippen molar-refractivity contribution in [1.29, 1.82) is 0 Å². The van der Waals surface area contributed by atoms with Gasteiger partial charge in [-0.2, -0.15) is 0 Å². The van der Waals surface area contributed by atoms with Gasteiger partial charge in [0.05, 0.1) is 0 Å². The molecule has 38 heavy (non-hydrogen) atoms. The molecule has 6 heteroatoms. The highest BCUT2D eigenvalue weighted by Crippen LogP contribution is 2.32. The normalized spacial score (nSPS) is 17.7. The molecule has 0 bridgehead atoms. The third-order valence-electron chi connectivity index (χ3n) is 7.96. The highest BCUT2D eigenvalue weighted by Gasteiger charge is 2.28. The lowest BCUT2D eigenvalue weighted by atomic mass is 9.91. The van der Waals surface area contributed by atoms with Crippen molar-refractivity contribution in [2.24, 2.45) is 11.8 Å². The molecule has 1 amide bonds. The van der Waals surface area contributed by atoms with Crippen LogP contribution in [0, 0.1) is 29.5 Å². The maximum atomic E-state index is 13.4. The number of likely N-dealkylation sites (tertiary alicyclic amines) is 1. The van der Waals surface area contributed by atoms with Gasteiger partial charge in [-0.3, -0.25) is 9.69 Å². The molecule has 200 valence electrons. The summed E-state index contributed by atoms with van der Waals surface area (Å²) in [6.07, 6.45) is 3.91. The third-order valence-corrected chi connectivity index (χ3v) is 7.96. The van der Waals surface area contributed by atoms with Gasteiger partial charge in [0.15, 0.2) is 0 Å². The number of rotatable bonds is 5. The first-order valence-corrected chi connectivity index (χ1v) is 13.6. The Hall–Kier alpha value is -2.91. The number of carbonyl (C=O) groups is 1. The molecule has 1 atom stereocenters. The standard InChI is InChI=1S/C32H36FN3O.ClH/c1-23(36-19-15-27(16-20-36)32(37)35-22-25-5-4-6-28(33)21-25)29-12-11-26(30-7-2-3-8-31(29)30)10-9-24-13-17-34-18-14-24;/h2-8,11-12,21,23-24,27,34H,13-20,22H2,1H3,(H,35,37);1H/t23-;/m1./s1. The largest absolute Gasteiger partial charge is 0.352 e. The van der Waals surface area contributed by atoms with E-state index < -0.39 is 0 Å². The highest BCUT2D eigenvalue weighted by atomic mass is 35.5. The van der Waals surface area contributed by atoms with Crippen molar-refractivity contribution in [3.05, 3.63) is 83.2 Å². The fourth-order valence-electron chi connectivity index (χ4n) is 5.67. The van der Waals surface area contributed by atoms with Crippen molar-refractivity contribution in [2.45, 2.75) is 45.2 Å². The number of benzene rings is 3. The van der Waals surface area contributed by atoms with E-state index in [4.69, 9.17) is 0 Å². The van der Waals surface area contributed by atoms with Crippen LogP contribution in [0.3, 0.4) is 0 Å². The molecular formula is C32H37ClFN3O. The molecule has 0 aromatic heterocycles. The molecule has 3 aromatic carbocycles. The Kier molecular flexibility index (Phi) is 9.80. The molecule has 4 nitrogen and oxygen atoms in total. The summed E-state index contributed by atoms with van der Waals surface area (Å²) in [5, 5.41) is 8.90. The Labute approximate surface area is 231 Å². The first kappa shape index (κ1) is 28.1. The smallest absolute Gasteiger partial charge is 0.223 e. The van der Waals surface area contributed by atoms with Gasteiger partial charge in [0.1, 0.15) is 5.82 Å².